The lowest BCUT2D eigenvalue weighted by molar-refractivity contribution is -0.742. The highest BCUT2D eigenvalue weighted by molar-refractivity contribution is 7.85. The van der Waals surface area contributed by atoms with Crippen molar-refractivity contribution >= 4 is 10.1 Å². The van der Waals surface area contributed by atoms with E-state index in [9.17, 15) is 8.42 Å². The lowest BCUT2D eigenvalue weighted by atomic mass is 10.8. The van der Waals surface area contributed by atoms with Gasteiger partial charge in [-0.2, -0.15) is 8.42 Å². The summed E-state index contributed by atoms with van der Waals surface area (Å²) in [4.78, 5) is 8.36. The molecule has 0 amide bonds. The first-order valence-electron chi connectivity index (χ1n) is 2.19. The highest BCUT2D eigenvalue weighted by Gasteiger charge is 1.95. The Kier molecular flexibility index (Phi) is 6.40. The average Bonchev–Trinajstić information content (AvgIpc) is 1.58. The molecular weight excluding hydrogens is 178 g/mol. The minimum Gasteiger partial charge on any atom is -0.328 e. The number of hydrogen-bond acceptors (Lipinski definition) is 4. The van der Waals surface area contributed by atoms with E-state index in [0.717, 1.165) is 6.08 Å². The van der Waals surface area contributed by atoms with Gasteiger partial charge in [-0.25, -0.2) is 0 Å². The van der Waals surface area contributed by atoms with E-state index < -0.39 is 15.2 Å². The van der Waals surface area contributed by atoms with Crippen LogP contribution in [0.5, 0.6) is 0 Å². The molecule has 0 aliphatic heterocycles. The zero-order valence-electron chi connectivity index (χ0n) is 5.37. The zero-order chi connectivity index (χ0) is 9.49. The largest absolute Gasteiger partial charge is 0.328 e. The van der Waals surface area contributed by atoms with Crippen molar-refractivity contribution in [2.45, 2.75) is 0 Å². The summed E-state index contributed by atoms with van der Waals surface area (Å²) in [5.74, 6) is -0.368. The Morgan fingerprint density at radius 2 is 1.91 bits per heavy atom. The quantitative estimate of drug-likeness (QED) is 0.264. The van der Waals surface area contributed by atoms with Crippen LogP contribution in [0.4, 0.5) is 0 Å². The second kappa shape index (κ2) is 5.62. The number of hydrogen-bond donors (Lipinski definition) is 2. The molecule has 0 aromatic carbocycles. The van der Waals surface area contributed by atoms with Crippen LogP contribution in [-0.2, 0) is 10.1 Å². The highest BCUT2D eigenvalue weighted by Crippen LogP contribution is 1.78. The molecule has 66 valence electrons. The maximum absolute atomic E-state index is 9.72. The Morgan fingerprint density at radius 3 is 1.91 bits per heavy atom. The standard InChI is InChI=1S/C3H6O3S.HNO3/c1-2-3-7(4,5)6;2-1(3)4/h2H,1,3H2,(H,4,5,6);(H,2,3,4). The number of rotatable bonds is 2. The molecular formula is C3H7NO6S. The van der Waals surface area contributed by atoms with Crippen LogP contribution in [-0.4, -0.2) is 29.0 Å². The van der Waals surface area contributed by atoms with Crippen LogP contribution in [0.1, 0.15) is 0 Å². The van der Waals surface area contributed by atoms with Gasteiger partial charge in [-0.05, 0) is 0 Å². The molecule has 0 saturated carbocycles. The first-order valence-corrected chi connectivity index (χ1v) is 3.80. The maximum atomic E-state index is 9.72. The maximum Gasteiger partial charge on any atom is 0.291 e. The summed E-state index contributed by atoms with van der Waals surface area (Å²) in [6, 6.07) is 0. The van der Waals surface area contributed by atoms with E-state index in [1.54, 1.807) is 0 Å². The Hall–Kier alpha value is -1.15. The van der Waals surface area contributed by atoms with Crippen molar-refractivity contribution < 1.29 is 23.3 Å². The predicted octanol–water partition coefficient (Wildman–Crippen LogP) is -0.287. The lowest BCUT2D eigenvalue weighted by Crippen LogP contribution is -1.99. The first-order chi connectivity index (χ1) is 4.79. The number of nitrogens with zero attached hydrogens (tertiary/aromatic N) is 1. The Labute approximate surface area is 62.8 Å². The van der Waals surface area contributed by atoms with Crippen molar-refractivity contribution in [3.63, 3.8) is 0 Å². The minimum absolute atomic E-state index is 0.368. The topological polar surface area (TPSA) is 118 Å². The molecule has 11 heavy (non-hydrogen) atoms. The summed E-state index contributed by atoms with van der Waals surface area (Å²) < 4.78 is 27.3. The van der Waals surface area contributed by atoms with E-state index in [2.05, 4.69) is 6.58 Å². The molecule has 0 aromatic rings. The normalized spacial score (nSPS) is 9.18. The van der Waals surface area contributed by atoms with Gasteiger partial charge in [0.2, 0.25) is 0 Å². The third-order valence-electron chi connectivity index (χ3n) is 0.328. The smallest absolute Gasteiger partial charge is 0.291 e. The van der Waals surface area contributed by atoms with Gasteiger partial charge in [0.05, 0.1) is 5.75 Å². The fraction of sp³-hybridized carbons (Fsp3) is 0.333. The van der Waals surface area contributed by atoms with Crippen molar-refractivity contribution in [2.24, 2.45) is 0 Å². The molecule has 0 aliphatic carbocycles. The summed E-state index contributed by atoms with van der Waals surface area (Å²) in [6.45, 7) is 3.11. The van der Waals surface area contributed by atoms with E-state index in [-0.39, 0.29) is 5.75 Å². The molecule has 0 rings (SSSR count). The Morgan fingerprint density at radius 1 is 1.64 bits per heavy atom. The minimum atomic E-state index is -3.79. The third kappa shape index (κ3) is 51.1. The summed E-state index contributed by atoms with van der Waals surface area (Å²) in [7, 11) is -3.79. The van der Waals surface area contributed by atoms with Crippen molar-refractivity contribution in [1.29, 1.82) is 0 Å². The second-order valence-corrected chi connectivity index (χ2v) is 2.77. The van der Waals surface area contributed by atoms with E-state index >= 15 is 0 Å². The monoisotopic (exact) mass is 185 g/mol. The van der Waals surface area contributed by atoms with Crippen LogP contribution in [0.3, 0.4) is 0 Å². The molecule has 0 radical (unpaired) electrons. The van der Waals surface area contributed by atoms with Crippen molar-refractivity contribution in [3.8, 4) is 0 Å². The molecule has 0 saturated heterocycles. The Bertz CT molecular complexity index is 214. The van der Waals surface area contributed by atoms with Gasteiger partial charge in [0.15, 0.2) is 0 Å². The van der Waals surface area contributed by atoms with Crippen LogP contribution in [0, 0.1) is 10.1 Å². The van der Waals surface area contributed by atoms with Gasteiger partial charge in [-0.3, -0.25) is 4.55 Å². The van der Waals surface area contributed by atoms with E-state index in [4.69, 9.17) is 19.9 Å². The SMILES string of the molecule is C=CCS(=O)(=O)O.O=[N+]([O-])O. The van der Waals surface area contributed by atoms with Crippen LogP contribution < -0.4 is 0 Å². The van der Waals surface area contributed by atoms with Crippen LogP contribution >= 0.6 is 0 Å². The van der Waals surface area contributed by atoms with Gasteiger partial charge in [-0.1, -0.05) is 6.08 Å². The molecule has 2 N–H and O–H groups in total. The van der Waals surface area contributed by atoms with Gasteiger partial charge in [0.1, 0.15) is 0 Å². The van der Waals surface area contributed by atoms with Crippen LogP contribution in [0.2, 0.25) is 0 Å². The van der Waals surface area contributed by atoms with E-state index in [1.807, 2.05) is 0 Å². The fourth-order valence-corrected chi connectivity index (χ4v) is 0.447. The zero-order valence-corrected chi connectivity index (χ0v) is 6.19. The highest BCUT2D eigenvalue weighted by atomic mass is 32.2. The van der Waals surface area contributed by atoms with E-state index in [0.29, 0.717) is 0 Å². The molecule has 0 atom stereocenters. The Balaban J connectivity index is 0. The second-order valence-electron chi connectivity index (χ2n) is 1.28. The van der Waals surface area contributed by atoms with Gasteiger partial charge >= 0.3 is 0 Å². The summed E-state index contributed by atoms with van der Waals surface area (Å²) in [5.41, 5.74) is 0. The molecule has 0 fully saturated rings. The summed E-state index contributed by atoms with van der Waals surface area (Å²) in [5, 5.41) is 13.6. The molecule has 8 heteroatoms. The fourth-order valence-electron chi connectivity index (χ4n) is 0.149. The molecule has 0 aliphatic rings. The molecule has 0 spiro atoms. The van der Waals surface area contributed by atoms with Crippen molar-refractivity contribution in [1.82, 2.24) is 0 Å². The molecule has 0 unspecified atom stereocenters. The van der Waals surface area contributed by atoms with E-state index in [1.165, 1.54) is 0 Å². The lowest BCUT2D eigenvalue weighted by Gasteiger charge is -1.82. The molecule has 0 aromatic heterocycles. The predicted molar refractivity (Wildman–Crippen MR) is 35.4 cm³/mol. The van der Waals surface area contributed by atoms with Crippen molar-refractivity contribution in [3.05, 3.63) is 22.8 Å². The summed E-state index contributed by atoms with van der Waals surface area (Å²) >= 11 is 0. The van der Waals surface area contributed by atoms with Crippen molar-refractivity contribution in [2.75, 3.05) is 5.75 Å². The summed E-state index contributed by atoms with van der Waals surface area (Å²) in [6.07, 6.45) is 1.12. The molecule has 0 bridgehead atoms. The van der Waals surface area contributed by atoms with Gasteiger partial charge in [0.25, 0.3) is 15.2 Å². The third-order valence-corrected chi connectivity index (χ3v) is 0.985. The van der Waals surface area contributed by atoms with Gasteiger partial charge < -0.3 is 5.21 Å². The van der Waals surface area contributed by atoms with Crippen LogP contribution in [0.15, 0.2) is 12.7 Å². The molecule has 7 nitrogen and oxygen atoms in total. The van der Waals surface area contributed by atoms with Gasteiger partial charge in [0, 0.05) is 0 Å². The molecule has 0 heterocycles. The average molecular weight is 185 g/mol. The van der Waals surface area contributed by atoms with Gasteiger partial charge in [-0.15, -0.1) is 16.7 Å². The first kappa shape index (κ1) is 12.5. The van der Waals surface area contributed by atoms with Crippen LogP contribution in [0.25, 0.3) is 0 Å².